The van der Waals surface area contributed by atoms with Crippen molar-refractivity contribution in [2.75, 3.05) is 5.75 Å². The topological polar surface area (TPSA) is 20.2 Å². The van der Waals surface area contributed by atoms with Crippen molar-refractivity contribution in [3.05, 3.63) is 41.0 Å². The Kier molecular flexibility index (Phi) is 4.77. The van der Waals surface area contributed by atoms with Crippen LogP contribution in [0.2, 0.25) is 0 Å². The van der Waals surface area contributed by atoms with Crippen LogP contribution in [0, 0.1) is 6.92 Å². The van der Waals surface area contributed by atoms with Crippen LogP contribution in [0.3, 0.4) is 0 Å². The van der Waals surface area contributed by atoms with Gasteiger partial charge in [0.15, 0.2) is 0 Å². The Hall–Kier alpha value is -0.730. The maximum absolute atomic E-state index is 9.08. The van der Waals surface area contributed by atoms with Crippen molar-refractivity contribution in [3.8, 4) is 0 Å². The largest absolute Gasteiger partial charge is 0.392 e. The lowest BCUT2D eigenvalue weighted by Crippen LogP contribution is -1.88. The molecule has 1 N–H and O–H groups in total. The summed E-state index contributed by atoms with van der Waals surface area (Å²) < 4.78 is 0. The summed E-state index contributed by atoms with van der Waals surface area (Å²) in [4.78, 5) is 0. The van der Waals surface area contributed by atoms with E-state index >= 15 is 0 Å². The van der Waals surface area contributed by atoms with Crippen LogP contribution >= 0.6 is 12.6 Å². The predicted molar refractivity (Wildman–Crippen MR) is 64.6 cm³/mol. The van der Waals surface area contributed by atoms with Crippen molar-refractivity contribution in [2.24, 2.45) is 0 Å². The quantitative estimate of drug-likeness (QED) is 0.729. The van der Waals surface area contributed by atoms with E-state index in [9.17, 15) is 0 Å². The first kappa shape index (κ1) is 11.3. The number of hydrogen-bond donors (Lipinski definition) is 2. The molecular formula is C12H16OS. The summed E-state index contributed by atoms with van der Waals surface area (Å²) in [5.74, 6) is 0.870. The molecule has 0 radical (unpaired) electrons. The van der Waals surface area contributed by atoms with Gasteiger partial charge in [0, 0.05) is 0 Å². The molecule has 0 fully saturated rings. The Bertz CT molecular complexity index is 318. The van der Waals surface area contributed by atoms with Gasteiger partial charge >= 0.3 is 0 Å². The first-order valence-electron chi connectivity index (χ1n) is 4.75. The summed E-state index contributed by atoms with van der Waals surface area (Å²) in [7, 11) is 0. The van der Waals surface area contributed by atoms with Crippen LogP contribution in [0.15, 0.2) is 24.3 Å². The van der Waals surface area contributed by atoms with Crippen molar-refractivity contribution in [1.82, 2.24) is 0 Å². The van der Waals surface area contributed by atoms with E-state index in [0.29, 0.717) is 0 Å². The maximum Gasteiger partial charge on any atom is 0.0684 e. The third-order valence-corrected chi connectivity index (χ3v) is 2.41. The van der Waals surface area contributed by atoms with E-state index in [1.54, 1.807) is 0 Å². The highest BCUT2D eigenvalue weighted by Crippen LogP contribution is 2.12. The zero-order valence-corrected chi connectivity index (χ0v) is 9.30. The Morgan fingerprint density at radius 1 is 1.43 bits per heavy atom. The van der Waals surface area contributed by atoms with E-state index in [4.69, 9.17) is 5.11 Å². The van der Waals surface area contributed by atoms with Crippen LogP contribution < -0.4 is 0 Å². The van der Waals surface area contributed by atoms with Gasteiger partial charge in [-0.1, -0.05) is 24.3 Å². The number of thiol groups is 1. The van der Waals surface area contributed by atoms with Crippen LogP contribution in [0.25, 0.3) is 6.08 Å². The molecule has 1 aromatic carbocycles. The molecule has 76 valence electrons. The first-order valence-corrected chi connectivity index (χ1v) is 5.39. The molecule has 2 heteroatoms. The predicted octanol–water partition coefficient (Wildman–Crippen LogP) is 2.82. The number of aliphatic hydroxyl groups excluding tert-OH is 1. The van der Waals surface area contributed by atoms with E-state index in [1.807, 2.05) is 19.1 Å². The van der Waals surface area contributed by atoms with Gasteiger partial charge in [0.2, 0.25) is 0 Å². The monoisotopic (exact) mass is 208 g/mol. The zero-order valence-electron chi connectivity index (χ0n) is 8.40. The fraction of sp³-hybridized carbons (Fsp3) is 0.333. The molecule has 0 heterocycles. The van der Waals surface area contributed by atoms with E-state index < -0.39 is 0 Å². The molecule has 0 atom stereocenters. The first-order chi connectivity index (χ1) is 6.77. The summed E-state index contributed by atoms with van der Waals surface area (Å²) >= 11 is 4.13. The van der Waals surface area contributed by atoms with Gasteiger partial charge in [0.25, 0.3) is 0 Å². The highest BCUT2D eigenvalue weighted by atomic mass is 32.1. The molecule has 0 bridgehead atoms. The molecule has 0 amide bonds. The number of aliphatic hydroxyl groups is 1. The lowest BCUT2D eigenvalue weighted by Gasteiger charge is -2.03. The molecule has 1 rings (SSSR count). The third kappa shape index (κ3) is 3.20. The van der Waals surface area contributed by atoms with Crippen LogP contribution in [0.4, 0.5) is 0 Å². The van der Waals surface area contributed by atoms with Crippen molar-refractivity contribution in [3.63, 3.8) is 0 Å². The third-order valence-electron chi connectivity index (χ3n) is 2.15. The zero-order chi connectivity index (χ0) is 10.4. The second-order valence-electron chi connectivity index (χ2n) is 3.26. The fourth-order valence-corrected chi connectivity index (χ4v) is 1.41. The summed E-state index contributed by atoms with van der Waals surface area (Å²) in [5, 5.41) is 9.08. The number of aryl methyl sites for hydroxylation is 1. The van der Waals surface area contributed by atoms with Gasteiger partial charge in [0.1, 0.15) is 0 Å². The molecule has 0 saturated heterocycles. The summed E-state index contributed by atoms with van der Waals surface area (Å²) in [6.45, 7) is 2.12. The van der Waals surface area contributed by atoms with E-state index in [-0.39, 0.29) is 6.61 Å². The molecule has 0 aliphatic rings. The molecule has 0 aromatic heterocycles. The molecule has 0 spiro atoms. The minimum Gasteiger partial charge on any atom is -0.392 e. The second-order valence-corrected chi connectivity index (χ2v) is 3.71. The van der Waals surface area contributed by atoms with Gasteiger partial charge in [-0.15, -0.1) is 0 Å². The number of rotatable bonds is 4. The van der Waals surface area contributed by atoms with Crippen molar-refractivity contribution < 1.29 is 5.11 Å². The minimum absolute atomic E-state index is 0.111. The van der Waals surface area contributed by atoms with Gasteiger partial charge in [-0.2, -0.15) is 12.6 Å². The molecule has 0 saturated carbocycles. The van der Waals surface area contributed by atoms with Gasteiger partial charge in [-0.25, -0.2) is 0 Å². The fourth-order valence-electron chi connectivity index (χ4n) is 1.26. The van der Waals surface area contributed by atoms with Gasteiger partial charge in [-0.05, 0) is 41.9 Å². The summed E-state index contributed by atoms with van der Waals surface area (Å²) in [6.07, 6.45) is 5.14. The summed E-state index contributed by atoms with van der Waals surface area (Å²) in [5.41, 5.74) is 3.28. The van der Waals surface area contributed by atoms with E-state index in [1.165, 1.54) is 0 Å². The van der Waals surface area contributed by atoms with Crippen LogP contribution in [-0.2, 0) is 6.61 Å². The Morgan fingerprint density at radius 3 is 2.86 bits per heavy atom. The normalized spacial score (nSPS) is 11.1. The van der Waals surface area contributed by atoms with Gasteiger partial charge < -0.3 is 5.11 Å². The molecule has 1 aromatic rings. The van der Waals surface area contributed by atoms with Crippen molar-refractivity contribution in [2.45, 2.75) is 20.0 Å². The SMILES string of the molecule is Cc1ccc(C=CCCS)cc1CO. The lowest BCUT2D eigenvalue weighted by atomic mass is 10.1. The minimum atomic E-state index is 0.111. The van der Waals surface area contributed by atoms with Crippen LogP contribution in [0.1, 0.15) is 23.1 Å². The molecule has 0 unspecified atom stereocenters. The Morgan fingerprint density at radius 2 is 2.21 bits per heavy atom. The van der Waals surface area contributed by atoms with E-state index in [2.05, 4.69) is 30.8 Å². The summed E-state index contributed by atoms with van der Waals surface area (Å²) in [6, 6.07) is 6.11. The average Bonchev–Trinajstić information content (AvgIpc) is 2.21. The second kappa shape index (κ2) is 5.89. The smallest absolute Gasteiger partial charge is 0.0684 e. The number of allylic oxidation sites excluding steroid dienone is 1. The van der Waals surface area contributed by atoms with Gasteiger partial charge in [-0.3, -0.25) is 0 Å². The molecule has 0 aliphatic carbocycles. The van der Waals surface area contributed by atoms with Crippen LogP contribution in [0.5, 0.6) is 0 Å². The van der Waals surface area contributed by atoms with E-state index in [0.717, 1.165) is 28.9 Å². The molecule has 1 nitrogen and oxygen atoms in total. The standard InChI is InChI=1S/C12H16OS/c1-10-5-6-11(4-2-3-7-14)8-12(10)9-13/h2,4-6,8,13-14H,3,7,9H2,1H3. The Labute approximate surface area is 90.9 Å². The molecule has 0 aliphatic heterocycles. The molecule has 14 heavy (non-hydrogen) atoms. The highest BCUT2D eigenvalue weighted by molar-refractivity contribution is 7.80. The van der Waals surface area contributed by atoms with Crippen LogP contribution in [-0.4, -0.2) is 10.9 Å². The van der Waals surface area contributed by atoms with Crippen molar-refractivity contribution >= 4 is 18.7 Å². The van der Waals surface area contributed by atoms with Crippen molar-refractivity contribution in [1.29, 1.82) is 0 Å². The Balaban J connectivity index is 2.79. The highest BCUT2D eigenvalue weighted by Gasteiger charge is 1.96. The number of benzene rings is 1. The number of hydrogen-bond acceptors (Lipinski definition) is 2. The molecular weight excluding hydrogens is 192 g/mol. The maximum atomic E-state index is 9.08. The van der Waals surface area contributed by atoms with Gasteiger partial charge in [0.05, 0.1) is 6.61 Å². The average molecular weight is 208 g/mol. The lowest BCUT2D eigenvalue weighted by molar-refractivity contribution is 0.281.